The molecular formula is C17H18N4O5S. The lowest BCUT2D eigenvalue weighted by Crippen LogP contribution is -2.71. The standard InChI is InChI=1S/C17H18N4O5S/c1-17(2)15(24)19-16(27)20-13(22)8-10(21(17)20)14(23)18-9-3-4-11-12(7-9)26-6-5-25-11/h3-4,7,10H,5-6,8H2,1-2H3,(H,18,23)(H,19,24,27)/t10-/m0/s1. The summed E-state index contributed by atoms with van der Waals surface area (Å²) in [6.45, 7) is 4.19. The zero-order valence-electron chi connectivity index (χ0n) is 14.8. The van der Waals surface area contributed by atoms with E-state index in [9.17, 15) is 14.4 Å². The number of benzene rings is 1. The molecule has 4 rings (SSSR count). The van der Waals surface area contributed by atoms with Gasteiger partial charge in [-0.15, -0.1) is 0 Å². The normalized spacial score (nSPS) is 23.7. The van der Waals surface area contributed by atoms with Crippen LogP contribution in [0.2, 0.25) is 0 Å². The second-order valence-corrected chi connectivity index (χ2v) is 7.32. The topological polar surface area (TPSA) is 100 Å². The van der Waals surface area contributed by atoms with Crippen molar-refractivity contribution in [3.63, 3.8) is 0 Å². The zero-order valence-corrected chi connectivity index (χ0v) is 15.6. The number of nitrogens with one attached hydrogen (secondary N) is 2. The van der Waals surface area contributed by atoms with Crippen LogP contribution in [-0.2, 0) is 14.4 Å². The molecule has 0 aliphatic carbocycles. The maximum atomic E-state index is 12.9. The second kappa shape index (κ2) is 6.17. The Balaban J connectivity index is 1.59. The van der Waals surface area contributed by atoms with E-state index in [0.717, 1.165) is 0 Å². The number of hydrogen-bond acceptors (Lipinski definition) is 7. The summed E-state index contributed by atoms with van der Waals surface area (Å²) >= 11 is 5.11. The first kappa shape index (κ1) is 17.7. The van der Waals surface area contributed by atoms with Crippen LogP contribution in [0.3, 0.4) is 0 Å². The van der Waals surface area contributed by atoms with Gasteiger partial charge in [0.15, 0.2) is 16.6 Å². The lowest BCUT2D eigenvalue weighted by atomic mass is 10.00. The third-order valence-corrected chi connectivity index (χ3v) is 5.04. The number of nitrogens with zero attached hydrogens (tertiary/aromatic N) is 2. The van der Waals surface area contributed by atoms with Crippen molar-refractivity contribution in [2.24, 2.45) is 0 Å². The minimum atomic E-state index is -1.11. The van der Waals surface area contributed by atoms with E-state index in [4.69, 9.17) is 21.7 Å². The summed E-state index contributed by atoms with van der Waals surface area (Å²) in [5, 5.41) is 7.93. The van der Waals surface area contributed by atoms with Crippen LogP contribution >= 0.6 is 12.2 Å². The second-order valence-electron chi connectivity index (χ2n) is 6.94. The van der Waals surface area contributed by atoms with E-state index in [1.807, 2.05) is 0 Å². The fourth-order valence-electron chi connectivity index (χ4n) is 3.41. The van der Waals surface area contributed by atoms with E-state index in [1.54, 1.807) is 32.0 Å². The molecule has 1 aromatic carbocycles. The van der Waals surface area contributed by atoms with Gasteiger partial charge in [0.25, 0.3) is 0 Å². The van der Waals surface area contributed by atoms with Crippen molar-refractivity contribution < 1.29 is 23.9 Å². The predicted octanol–water partition coefficient (Wildman–Crippen LogP) is 0.407. The highest BCUT2D eigenvalue weighted by molar-refractivity contribution is 7.80. The van der Waals surface area contributed by atoms with Gasteiger partial charge in [-0.05, 0) is 38.2 Å². The van der Waals surface area contributed by atoms with Crippen molar-refractivity contribution in [3.8, 4) is 11.5 Å². The average molecular weight is 390 g/mol. The first-order valence-corrected chi connectivity index (χ1v) is 8.88. The number of hydrazine groups is 1. The number of carbonyl (C=O) groups is 3. The van der Waals surface area contributed by atoms with Crippen LogP contribution in [0.1, 0.15) is 20.3 Å². The number of hydrogen-bond donors (Lipinski definition) is 2. The van der Waals surface area contributed by atoms with Gasteiger partial charge in [0.1, 0.15) is 24.8 Å². The van der Waals surface area contributed by atoms with E-state index < -0.39 is 17.5 Å². The molecule has 3 amide bonds. The number of anilines is 1. The molecule has 2 fully saturated rings. The van der Waals surface area contributed by atoms with Gasteiger partial charge in [-0.2, -0.15) is 5.01 Å². The highest BCUT2D eigenvalue weighted by Gasteiger charge is 2.56. The molecule has 0 spiro atoms. The van der Waals surface area contributed by atoms with Crippen LogP contribution < -0.4 is 20.1 Å². The SMILES string of the molecule is CC1(C)C(=O)NC(=S)N2C(=O)C[C@@H](C(=O)Nc3ccc4c(c3)OCCO4)N21. The van der Waals surface area contributed by atoms with E-state index in [1.165, 1.54) is 10.0 Å². The summed E-state index contributed by atoms with van der Waals surface area (Å²) in [6.07, 6.45) is -0.0745. The van der Waals surface area contributed by atoms with Crippen molar-refractivity contribution in [1.29, 1.82) is 0 Å². The maximum Gasteiger partial charge on any atom is 0.248 e. The first-order chi connectivity index (χ1) is 12.8. The molecule has 0 bridgehead atoms. The molecule has 142 valence electrons. The number of thiocarbonyl (C=S) groups is 1. The highest BCUT2D eigenvalue weighted by atomic mass is 32.1. The van der Waals surface area contributed by atoms with Gasteiger partial charge in [-0.1, -0.05) is 0 Å². The van der Waals surface area contributed by atoms with Gasteiger partial charge in [-0.25, -0.2) is 5.01 Å². The number of fused-ring (bicyclic) bond motifs is 2. The van der Waals surface area contributed by atoms with Gasteiger partial charge >= 0.3 is 0 Å². The molecule has 0 saturated carbocycles. The smallest absolute Gasteiger partial charge is 0.248 e. The molecular weight excluding hydrogens is 372 g/mol. The van der Waals surface area contributed by atoms with E-state index in [-0.39, 0.29) is 23.3 Å². The summed E-state index contributed by atoms with van der Waals surface area (Å²) in [5.74, 6) is 0.0433. The molecule has 3 aliphatic rings. The van der Waals surface area contributed by atoms with E-state index >= 15 is 0 Å². The molecule has 3 heterocycles. The summed E-state index contributed by atoms with van der Waals surface area (Å²) in [5.41, 5.74) is -0.597. The molecule has 0 radical (unpaired) electrons. The Kier molecular flexibility index (Phi) is 4.04. The van der Waals surface area contributed by atoms with Crippen LogP contribution in [0, 0.1) is 0 Å². The monoisotopic (exact) mass is 390 g/mol. The molecule has 1 aromatic rings. The van der Waals surface area contributed by atoms with Crippen LogP contribution in [0.5, 0.6) is 11.5 Å². The quantitative estimate of drug-likeness (QED) is 0.706. The number of rotatable bonds is 2. The summed E-state index contributed by atoms with van der Waals surface area (Å²) in [4.78, 5) is 37.6. The Morgan fingerprint density at radius 1 is 1.26 bits per heavy atom. The Labute approximate surface area is 160 Å². The van der Waals surface area contributed by atoms with Crippen molar-refractivity contribution in [1.82, 2.24) is 15.3 Å². The summed E-state index contributed by atoms with van der Waals surface area (Å²) < 4.78 is 11.0. The van der Waals surface area contributed by atoms with Crippen molar-refractivity contribution in [2.45, 2.75) is 31.8 Å². The van der Waals surface area contributed by atoms with Crippen molar-refractivity contribution >= 4 is 40.7 Å². The predicted molar refractivity (Wildman–Crippen MR) is 98.0 cm³/mol. The van der Waals surface area contributed by atoms with Crippen LogP contribution in [-0.4, -0.2) is 57.6 Å². The highest BCUT2D eigenvalue weighted by Crippen LogP contribution is 2.35. The molecule has 2 N–H and O–H groups in total. The lowest BCUT2D eigenvalue weighted by Gasteiger charge is -2.45. The Bertz CT molecular complexity index is 871. The van der Waals surface area contributed by atoms with Gasteiger partial charge < -0.3 is 14.8 Å². The van der Waals surface area contributed by atoms with Gasteiger partial charge in [-0.3, -0.25) is 19.7 Å². The minimum absolute atomic E-state index is 0.0149. The maximum absolute atomic E-state index is 12.9. The Morgan fingerprint density at radius 2 is 1.96 bits per heavy atom. The largest absolute Gasteiger partial charge is 0.486 e. The van der Waals surface area contributed by atoms with Crippen LogP contribution in [0.15, 0.2) is 18.2 Å². The molecule has 9 nitrogen and oxygen atoms in total. The molecule has 0 unspecified atom stereocenters. The molecule has 0 aromatic heterocycles. The fraction of sp³-hybridized carbons (Fsp3) is 0.412. The van der Waals surface area contributed by atoms with Crippen molar-refractivity contribution in [2.75, 3.05) is 18.5 Å². The summed E-state index contributed by atoms with van der Waals surface area (Å²) in [6, 6.07) is 4.21. The average Bonchev–Trinajstić information content (AvgIpc) is 2.99. The molecule has 2 saturated heterocycles. The van der Waals surface area contributed by atoms with E-state index in [2.05, 4.69) is 10.6 Å². The third kappa shape index (κ3) is 2.81. The number of carbonyl (C=O) groups excluding carboxylic acids is 3. The Hall–Kier alpha value is -2.72. The number of ether oxygens (including phenoxy) is 2. The van der Waals surface area contributed by atoms with Crippen LogP contribution in [0.4, 0.5) is 5.69 Å². The molecule has 3 aliphatic heterocycles. The molecule has 27 heavy (non-hydrogen) atoms. The molecule has 1 atom stereocenters. The lowest BCUT2D eigenvalue weighted by molar-refractivity contribution is -0.154. The zero-order chi connectivity index (χ0) is 19.3. The molecule has 10 heteroatoms. The van der Waals surface area contributed by atoms with Gasteiger partial charge in [0.05, 0.1) is 6.42 Å². The van der Waals surface area contributed by atoms with Gasteiger partial charge in [0.2, 0.25) is 17.7 Å². The summed E-state index contributed by atoms with van der Waals surface area (Å²) in [7, 11) is 0. The first-order valence-electron chi connectivity index (χ1n) is 8.47. The fourth-order valence-corrected chi connectivity index (χ4v) is 3.69. The van der Waals surface area contributed by atoms with Crippen molar-refractivity contribution in [3.05, 3.63) is 18.2 Å². The Morgan fingerprint density at radius 3 is 2.70 bits per heavy atom. The van der Waals surface area contributed by atoms with Crippen LogP contribution in [0.25, 0.3) is 0 Å². The van der Waals surface area contributed by atoms with E-state index in [0.29, 0.717) is 30.4 Å². The van der Waals surface area contributed by atoms with Gasteiger partial charge in [0, 0.05) is 11.8 Å². The minimum Gasteiger partial charge on any atom is -0.486 e. The third-order valence-electron chi connectivity index (χ3n) is 4.77. The number of amides is 3.